The molecule has 2 aromatic rings. The maximum atomic E-state index is 12.7. The van der Waals surface area contributed by atoms with Crippen molar-refractivity contribution < 1.29 is 22.6 Å². The number of methoxy groups -OCH3 is 2. The van der Waals surface area contributed by atoms with Gasteiger partial charge in [-0.2, -0.15) is 13.2 Å². The largest absolute Gasteiger partial charge is 0.497 e. The summed E-state index contributed by atoms with van der Waals surface area (Å²) >= 11 is 5.22. The number of ether oxygens (including phenoxy) is 2. The minimum atomic E-state index is -4.34. The highest BCUT2D eigenvalue weighted by Gasteiger charge is 2.30. The minimum absolute atomic E-state index is 0.337. The van der Waals surface area contributed by atoms with Gasteiger partial charge in [0, 0.05) is 12.6 Å². The number of thiocarbonyl (C=S) groups is 1. The van der Waals surface area contributed by atoms with E-state index >= 15 is 0 Å². The van der Waals surface area contributed by atoms with Crippen LogP contribution in [-0.2, 0) is 12.6 Å². The number of alkyl halides is 3. The Morgan fingerprint density at radius 3 is 2.50 bits per heavy atom. The van der Waals surface area contributed by atoms with Crippen LogP contribution in [0.4, 0.5) is 18.9 Å². The fraction of sp³-hybridized carbons (Fsp3) is 0.278. The molecule has 0 heterocycles. The van der Waals surface area contributed by atoms with E-state index in [0.29, 0.717) is 40.8 Å². The zero-order valence-corrected chi connectivity index (χ0v) is 15.1. The fourth-order valence-electron chi connectivity index (χ4n) is 2.30. The van der Waals surface area contributed by atoms with Crippen LogP contribution in [0.2, 0.25) is 0 Å². The van der Waals surface area contributed by atoms with Crippen LogP contribution in [0.15, 0.2) is 42.5 Å². The fourth-order valence-corrected chi connectivity index (χ4v) is 2.51. The lowest BCUT2D eigenvalue weighted by molar-refractivity contribution is -0.137. The van der Waals surface area contributed by atoms with Crippen LogP contribution in [0.3, 0.4) is 0 Å². The highest BCUT2D eigenvalue weighted by molar-refractivity contribution is 7.80. The van der Waals surface area contributed by atoms with Crippen LogP contribution in [0.25, 0.3) is 0 Å². The normalized spacial score (nSPS) is 11.0. The minimum Gasteiger partial charge on any atom is -0.497 e. The van der Waals surface area contributed by atoms with E-state index in [1.54, 1.807) is 31.4 Å². The molecule has 0 spiro atoms. The van der Waals surface area contributed by atoms with Crippen molar-refractivity contribution in [2.75, 3.05) is 26.1 Å². The maximum Gasteiger partial charge on any atom is 0.416 e. The van der Waals surface area contributed by atoms with Crippen LogP contribution >= 0.6 is 12.2 Å². The molecule has 0 bridgehead atoms. The molecule has 0 unspecified atom stereocenters. The Kier molecular flexibility index (Phi) is 6.68. The molecule has 0 aliphatic rings. The predicted octanol–water partition coefficient (Wildman–Crippen LogP) is 4.25. The van der Waals surface area contributed by atoms with Crippen molar-refractivity contribution in [1.29, 1.82) is 0 Å². The molecular formula is C18H19F3N2O2S. The van der Waals surface area contributed by atoms with Crippen molar-refractivity contribution in [2.24, 2.45) is 0 Å². The second-order valence-corrected chi connectivity index (χ2v) is 5.80. The molecule has 26 heavy (non-hydrogen) atoms. The van der Waals surface area contributed by atoms with Crippen LogP contribution in [0, 0.1) is 0 Å². The topological polar surface area (TPSA) is 42.5 Å². The molecule has 0 aliphatic carbocycles. The Bertz CT molecular complexity index is 766. The standard InChI is InChI=1S/C18H19F3N2O2S/c1-24-14-6-7-16(25-2)15(11-14)23-17(26)22-9-8-12-4-3-5-13(10-12)18(19,20)21/h3-7,10-11H,8-9H2,1-2H3,(H2,22,23,26). The Labute approximate surface area is 155 Å². The molecule has 0 amide bonds. The van der Waals surface area contributed by atoms with E-state index < -0.39 is 11.7 Å². The summed E-state index contributed by atoms with van der Waals surface area (Å²) in [5, 5.41) is 6.30. The summed E-state index contributed by atoms with van der Waals surface area (Å²) in [4.78, 5) is 0. The molecule has 0 aliphatic heterocycles. The van der Waals surface area contributed by atoms with E-state index in [0.717, 1.165) is 12.1 Å². The molecule has 2 aromatic carbocycles. The Morgan fingerprint density at radius 1 is 1.08 bits per heavy atom. The number of hydrogen-bond donors (Lipinski definition) is 2. The van der Waals surface area contributed by atoms with Gasteiger partial charge in [0.25, 0.3) is 0 Å². The highest BCUT2D eigenvalue weighted by Crippen LogP contribution is 2.30. The summed E-state index contributed by atoms with van der Waals surface area (Å²) in [7, 11) is 3.09. The summed E-state index contributed by atoms with van der Waals surface area (Å²) in [6.45, 7) is 0.388. The average molecular weight is 384 g/mol. The third kappa shape index (κ3) is 5.52. The molecule has 2 N–H and O–H groups in total. The van der Waals surface area contributed by atoms with Gasteiger partial charge in [-0.05, 0) is 42.4 Å². The summed E-state index contributed by atoms with van der Waals surface area (Å²) in [6, 6.07) is 10.5. The van der Waals surface area contributed by atoms with Crippen LogP contribution in [-0.4, -0.2) is 25.9 Å². The van der Waals surface area contributed by atoms with Crippen LogP contribution in [0.5, 0.6) is 11.5 Å². The average Bonchev–Trinajstić information content (AvgIpc) is 2.61. The third-order valence-electron chi connectivity index (χ3n) is 3.61. The van der Waals surface area contributed by atoms with E-state index in [9.17, 15) is 13.2 Å². The van der Waals surface area contributed by atoms with Crippen molar-refractivity contribution in [3.63, 3.8) is 0 Å². The van der Waals surface area contributed by atoms with Gasteiger partial charge in [0.1, 0.15) is 11.5 Å². The first-order valence-corrected chi connectivity index (χ1v) is 8.17. The van der Waals surface area contributed by atoms with Crippen molar-refractivity contribution in [2.45, 2.75) is 12.6 Å². The van der Waals surface area contributed by atoms with Crippen LogP contribution in [0.1, 0.15) is 11.1 Å². The first kappa shape index (κ1) is 19.8. The molecule has 0 fully saturated rings. The van der Waals surface area contributed by atoms with Gasteiger partial charge in [-0.3, -0.25) is 0 Å². The molecule has 140 valence electrons. The second-order valence-electron chi connectivity index (χ2n) is 5.40. The van der Waals surface area contributed by atoms with Crippen molar-refractivity contribution in [3.05, 3.63) is 53.6 Å². The Morgan fingerprint density at radius 2 is 1.85 bits per heavy atom. The number of hydrogen-bond acceptors (Lipinski definition) is 3. The Balaban J connectivity index is 1.92. The number of nitrogens with one attached hydrogen (secondary N) is 2. The van der Waals surface area contributed by atoms with Crippen molar-refractivity contribution in [1.82, 2.24) is 5.32 Å². The molecule has 0 saturated heterocycles. The predicted molar refractivity (Wildman–Crippen MR) is 98.9 cm³/mol. The van der Waals surface area contributed by atoms with Crippen molar-refractivity contribution in [3.8, 4) is 11.5 Å². The van der Waals surface area contributed by atoms with Crippen molar-refractivity contribution >= 4 is 23.0 Å². The first-order valence-electron chi connectivity index (χ1n) is 7.76. The van der Waals surface area contributed by atoms with Gasteiger partial charge < -0.3 is 20.1 Å². The van der Waals surface area contributed by atoms with E-state index in [2.05, 4.69) is 10.6 Å². The number of rotatable bonds is 6. The monoisotopic (exact) mass is 384 g/mol. The zero-order valence-electron chi connectivity index (χ0n) is 14.3. The maximum absolute atomic E-state index is 12.7. The van der Waals surface area contributed by atoms with E-state index in [1.807, 2.05) is 0 Å². The quantitative estimate of drug-likeness (QED) is 0.729. The highest BCUT2D eigenvalue weighted by atomic mass is 32.1. The van der Waals surface area contributed by atoms with E-state index in [-0.39, 0.29) is 0 Å². The molecule has 0 saturated carbocycles. The van der Waals surface area contributed by atoms with Gasteiger partial charge in [-0.1, -0.05) is 18.2 Å². The molecule has 0 atom stereocenters. The number of benzene rings is 2. The second kappa shape index (κ2) is 8.75. The first-order chi connectivity index (χ1) is 12.3. The van der Waals surface area contributed by atoms with Gasteiger partial charge >= 0.3 is 6.18 Å². The van der Waals surface area contributed by atoms with E-state index in [1.165, 1.54) is 13.2 Å². The summed E-state index contributed by atoms with van der Waals surface area (Å²) in [6.07, 6.45) is -3.94. The van der Waals surface area contributed by atoms with Gasteiger partial charge in [0.2, 0.25) is 0 Å². The molecule has 0 aromatic heterocycles. The zero-order chi connectivity index (χ0) is 19.2. The molecule has 0 radical (unpaired) electrons. The number of anilines is 1. The lowest BCUT2D eigenvalue weighted by Crippen LogP contribution is -2.30. The third-order valence-corrected chi connectivity index (χ3v) is 3.85. The van der Waals surface area contributed by atoms with E-state index in [4.69, 9.17) is 21.7 Å². The Hall–Kier alpha value is -2.48. The molecule has 4 nitrogen and oxygen atoms in total. The summed E-state index contributed by atoms with van der Waals surface area (Å²) in [5.41, 5.74) is 0.550. The lowest BCUT2D eigenvalue weighted by atomic mass is 10.1. The number of halogens is 3. The molecular weight excluding hydrogens is 365 g/mol. The van der Waals surface area contributed by atoms with Gasteiger partial charge in [0.15, 0.2) is 5.11 Å². The summed E-state index contributed by atoms with van der Waals surface area (Å²) < 4.78 is 48.6. The molecule has 8 heteroatoms. The van der Waals surface area contributed by atoms with Gasteiger partial charge in [-0.25, -0.2) is 0 Å². The molecule has 2 rings (SSSR count). The van der Waals surface area contributed by atoms with Gasteiger partial charge in [-0.15, -0.1) is 0 Å². The van der Waals surface area contributed by atoms with Gasteiger partial charge in [0.05, 0.1) is 25.5 Å². The lowest BCUT2D eigenvalue weighted by Gasteiger charge is -2.14. The SMILES string of the molecule is COc1ccc(OC)c(NC(=S)NCCc2cccc(C(F)(F)F)c2)c1. The smallest absolute Gasteiger partial charge is 0.416 e. The van der Waals surface area contributed by atoms with Crippen LogP contribution < -0.4 is 20.1 Å². The summed E-state index contributed by atoms with van der Waals surface area (Å²) in [5.74, 6) is 1.23.